The van der Waals surface area contributed by atoms with Crippen molar-refractivity contribution in [2.45, 2.75) is 19.4 Å². The predicted octanol–water partition coefficient (Wildman–Crippen LogP) is 1.79. The third kappa shape index (κ3) is 3.49. The van der Waals surface area contributed by atoms with Crippen LogP contribution in [0.25, 0.3) is 0 Å². The molecule has 66 valence electrons. The van der Waals surface area contributed by atoms with Gasteiger partial charge in [-0.25, -0.2) is 0 Å². The van der Waals surface area contributed by atoms with Crippen molar-refractivity contribution < 1.29 is 0 Å². The standard InChI is InChI=1S/C10H15N2/c1-2-3-6-11-8-10-5-4-7-12-9-10/h4-5,7,9,11H,1-3,6,8H2/q-1. The van der Waals surface area contributed by atoms with Gasteiger partial charge in [0.15, 0.2) is 0 Å². The van der Waals surface area contributed by atoms with Crippen molar-refractivity contribution in [3.8, 4) is 0 Å². The smallest absolute Gasteiger partial charge is 0.0312 e. The van der Waals surface area contributed by atoms with Gasteiger partial charge in [-0.05, 0) is 18.2 Å². The Hall–Kier alpha value is -0.890. The van der Waals surface area contributed by atoms with Gasteiger partial charge < -0.3 is 12.2 Å². The molecule has 0 radical (unpaired) electrons. The van der Waals surface area contributed by atoms with Gasteiger partial charge in [-0.1, -0.05) is 12.5 Å². The van der Waals surface area contributed by atoms with Crippen LogP contribution in [-0.2, 0) is 6.54 Å². The summed E-state index contributed by atoms with van der Waals surface area (Å²) in [6.07, 6.45) is 5.82. The Kier molecular flexibility index (Phi) is 4.39. The van der Waals surface area contributed by atoms with E-state index in [9.17, 15) is 0 Å². The predicted molar refractivity (Wildman–Crippen MR) is 50.5 cm³/mol. The zero-order valence-corrected chi connectivity index (χ0v) is 7.29. The molecule has 1 heterocycles. The fourth-order valence-corrected chi connectivity index (χ4v) is 0.985. The van der Waals surface area contributed by atoms with E-state index in [0.717, 1.165) is 25.9 Å². The minimum absolute atomic E-state index is 0.911. The van der Waals surface area contributed by atoms with Crippen molar-refractivity contribution >= 4 is 0 Å². The Morgan fingerprint density at radius 3 is 3.08 bits per heavy atom. The zero-order valence-electron chi connectivity index (χ0n) is 7.29. The topological polar surface area (TPSA) is 24.9 Å². The van der Waals surface area contributed by atoms with Gasteiger partial charge in [0, 0.05) is 18.9 Å². The maximum absolute atomic E-state index is 4.03. The highest BCUT2D eigenvalue weighted by atomic mass is 14.8. The highest BCUT2D eigenvalue weighted by Crippen LogP contribution is 1.94. The van der Waals surface area contributed by atoms with E-state index in [-0.39, 0.29) is 0 Å². The Bertz CT molecular complexity index is 196. The second-order valence-corrected chi connectivity index (χ2v) is 2.75. The van der Waals surface area contributed by atoms with Crippen LogP contribution in [0.5, 0.6) is 0 Å². The Balaban J connectivity index is 2.16. The molecule has 0 aliphatic heterocycles. The molecule has 0 spiro atoms. The monoisotopic (exact) mass is 163 g/mol. The van der Waals surface area contributed by atoms with Gasteiger partial charge in [0.05, 0.1) is 0 Å². The Morgan fingerprint density at radius 2 is 2.42 bits per heavy atom. The summed E-state index contributed by atoms with van der Waals surface area (Å²) in [4.78, 5) is 4.03. The Labute approximate surface area is 74.0 Å². The molecule has 2 heteroatoms. The quantitative estimate of drug-likeness (QED) is 0.528. The lowest BCUT2D eigenvalue weighted by molar-refractivity contribution is 0.653. The molecule has 0 aromatic carbocycles. The molecule has 1 N–H and O–H groups in total. The second-order valence-electron chi connectivity index (χ2n) is 2.75. The number of aromatic nitrogens is 1. The van der Waals surface area contributed by atoms with Crippen molar-refractivity contribution in [3.05, 3.63) is 37.0 Å². The van der Waals surface area contributed by atoms with Gasteiger partial charge in [-0.15, -0.1) is 0 Å². The minimum atomic E-state index is 0.911. The molecule has 1 rings (SSSR count). The summed E-state index contributed by atoms with van der Waals surface area (Å²) in [5, 5.41) is 3.32. The van der Waals surface area contributed by atoms with Gasteiger partial charge in [0.1, 0.15) is 0 Å². The summed E-state index contributed by atoms with van der Waals surface area (Å²) < 4.78 is 0. The average molecular weight is 163 g/mol. The molecule has 0 saturated carbocycles. The molecular formula is C10H15N2-. The number of nitrogens with one attached hydrogen (secondary N) is 1. The number of pyridine rings is 1. The Morgan fingerprint density at radius 1 is 1.50 bits per heavy atom. The van der Waals surface area contributed by atoms with Crippen LogP contribution in [0, 0.1) is 6.92 Å². The molecule has 0 bridgehead atoms. The third-order valence-electron chi connectivity index (χ3n) is 1.66. The summed E-state index contributed by atoms with van der Waals surface area (Å²) in [6, 6.07) is 4.03. The van der Waals surface area contributed by atoms with Crippen LogP contribution in [0.3, 0.4) is 0 Å². The van der Waals surface area contributed by atoms with Gasteiger partial charge in [-0.2, -0.15) is 6.42 Å². The SMILES string of the molecule is [CH2-]CCCNCc1cccnc1. The summed E-state index contributed by atoms with van der Waals surface area (Å²) >= 11 is 0. The molecule has 2 nitrogen and oxygen atoms in total. The summed E-state index contributed by atoms with van der Waals surface area (Å²) in [7, 11) is 0. The maximum Gasteiger partial charge on any atom is 0.0312 e. The molecule has 0 atom stereocenters. The molecule has 0 aliphatic carbocycles. The van der Waals surface area contributed by atoms with Crippen LogP contribution in [0.2, 0.25) is 0 Å². The van der Waals surface area contributed by atoms with Gasteiger partial charge in [-0.3, -0.25) is 4.98 Å². The van der Waals surface area contributed by atoms with E-state index in [1.54, 1.807) is 6.20 Å². The largest absolute Gasteiger partial charge is 0.343 e. The van der Waals surface area contributed by atoms with E-state index < -0.39 is 0 Å². The lowest BCUT2D eigenvalue weighted by atomic mass is 10.3. The fourth-order valence-electron chi connectivity index (χ4n) is 0.985. The number of unbranched alkanes of at least 4 members (excludes halogenated alkanes) is 1. The molecular weight excluding hydrogens is 148 g/mol. The van der Waals surface area contributed by atoms with E-state index in [0.29, 0.717) is 0 Å². The van der Waals surface area contributed by atoms with Crippen molar-refractivity contribution in [2.75, 3.05) is 6.54 Å². The highest BCUT2D eigenvalue weighted by Gasteiger charge is 1.88. The van der Waals surface area contributed by atoms with Crippen molar-refractivity contribution in [2.24, 2.45) is 0 Å². The van der Waals surface area contributed by atoms with Crippen LogP contribution >= 0.6 is 0 Å². The third-order valence-corrected chi connectivity index (χ3v) is 1.66. The molecule has 1 aromatic rings. The van der Waals surface area contributed by atoms with E-state index >= 15 is 0 Å². The highest BCUT2D eigenvalue weighted by molar-refractivity contribution is 5.07. The van der Waals surface area contributed by atoms with Crippen LogP contribution in [0.15, 0.2) is 24.5 Å². The average Bonchev–Trinajstić information content (AvgIpc) is 2.14. The minimum Gasteiger partial charge on any atom is -0.343 e. The first-order valence-electron chi connectivity index (χ1n) is 4.32. The molecule has 0 unspecified atom stereocenters. The van der Waals surface area contributed by atoms with Crippen LogP contribution < -0.4 is 5.32 Å². The first-order valence-corrected chi connectivity index (χ1v) is 4.32. The number of nitrogens with zero attached hydrogens (tertiary/aromatic N) is 1. The van der Waals surface area contributed by atoms with Crippen molar-refractivity contribution in [1.29, 1.82) is 0 Å². The number of rotatable bonds is 5. The first-order chi connectivity index (χ1) is 5.93. The summed E-state index contributed by atoms with van der Waals surface area (Å²) in [5.41, 5.74) is 1.24. The van der Waals surface area contributed by atoms with Gasteiger partial charge in [0.2, 0.25) is 0 Å². The number of hydrogen-bond acceptors (Lipinski definition) is 2. The van der Waals surface area contributed by atoms with E-state index in [4.69, 9.17) is 0 Å². The van der Waals surface area contributed by atoms with E-state index in [1.165, 1.54) is 5.56 Å². The molecule has 0 aliphatic rings. The van der Waals surface area contributed by atoms with Crippen LogP contribution in [0.4, 0.5) is 0 Å². The first kappa shape index (κ1) is 9.20. The molecule has 0 fully saturated rings. The van der Waals surface area contributed by atoms with E-state index in [1.807, 2.05) is 12.3 Å². The molecule has 0 amide bonds. The normalized spacial score (nSPS) is 10.1. The molecule has 12 heavy (non-hydrogen) atoms. The van der Waals surface area contributed by atoms with E-state index in [2.05, 4.69) is 23.3 Å². The number of hydrogen-bond donors (Lipinski definition) is 1. The van der Waals surface area contributed by atoms with Crippen LogP contribution in [-0.4, -0.2) is 11.5 Å². The van der Waals surface area contributed by atoms with Gasteiger partial charge in [0.25, 0.3) is 0 Å². The second kappa shape index (κ2) is 5.72. The summed E-state index contributed by atoms with van der Waals surface area (Å²) in [6.45, 7) is 5.73. The van der Waals surface area contributed by atoms with Crippen LogP contribution in [0.1, 0.15) is 18.4 Å². The zero-order chi connectivity index (χ0) is 8.65. The van der Waals surface area contributed by atoms with Gasteiger partial charge >= 0.3 is 0 Å². The van der Waals surface area contributed by atoms with Crippen molar-refractivity contribution in [3.63, 3.8) is 0 Å². The molecule has 0 saturated heterocycles. The summed E-state index contributed by atoms with van der Waals surface area (Å²) in [5.74, 6) is 0. The van der Waals surface area contributed by atoms with Crippen molar-refractivity contribution in [1.82, 2.24) is 10.3 Å². The molecule has 1 aromatic heterocycles. The lowest BCUT2D eigenvalue weighted by Crippen LogP contribution is -2.14. The maximum atomic E-state index is 4.03. The lowest BCUT2D eigenvalue weighted by Gasteiger charge is -2.03. The fraction of sp³-hybridized carbons (Fsp3) is 0.400.